The van der Waals surface area contributed by atoms with Gasteiger partial charge in [-0.2, -0.15) is 0 Å². The van der Waals surface area contributed by atoms with Crippen molar-refractivity contribution in [2.75, 3.05) is 46.3 Å². The Hall–Kier alpha value is -0.760. The van der Waals surface area contributed by atoms with Crippen LogP contribution in [0.3, 0.4) is 0 Å². The molecule has 4 rings (SSSR count). The van der Waals surface area contributed by atoms with E-state index in [2.05, 4.69) is 10.2 Å². The minimum Gasteiger partial charge on any atom is -0.441 e. The van der Waals surface area contributed by atoms with Crippen LogP contribution in [-0.4, -0.2) is 90.7 Å². The van der Waals surface area contributed by atoms with Crippen LogP contribution in [0.25, 0.3) is 0 Å². The molecule has 1 atom stereocenters. The predicted molar refractivity (Wildman–Crippen MR) is 108 cm³/mol. The third-order valence-corrected chi connectivity index (χ3v) is 6.48. The van der Waals surface area contributed by atoms with Gasteiger partial charge >= 0.3 is 6.09 Å². The number of amides is 2. The molecule has 0 radical (unpaired) electrons. The summed E-state index contributed by atoms with van der Waals surface area (Å²) in [6, 6.07) is 0.615. The lowest BCUT2D eigenvalue weighted by molar-refractivity contribution is -0.140. The summed E-state index contributed by atoms with van der Waals surface area (Å²) in [7, 11) is 1.78. The van der Waals surface area contributed by atoms with Gasteiger partial charge in [-0.1, -0.05) is 0 Å². The van der Waals surface area contributed by atoms with Crippen LogP contribution in [-0.2, 0) is 9.53 Å². The van der Waals surface area contributed by atoms with Crippen LogP contribution in [0.1, 0.15) is 38.5 Å². The third kappa shape index (κ3) is 4.47. The molecule has 7 nitrogen and oxygen atoms in total. The molecular formula is C18H32Cl2N4O3. The van der Waals surface area contributed by atoms with Crippen molar-refractivity contribution in [1.82, 2.24) is 20.0 Å². The number of nitrogens with zero attached hydrogens (tertiary/aromatic N) is 3. The molecule has 1 spiro atoms. The highest BCUT2D eigenvalue weighted by molar-refractivity contribution is 5.85. The monoisotopic (exact) mass is 422 g/mol. The molecule has 4 aliphatic rings. The van der Waals surface area contributed by atoms with Crippen LogP contribution in [0.5, 0.6) is 0 Å². The van der Waals surface area contributed by atoms with Crippen molar-refractivity contribution < 1.29 is 14.3 Å². The molecule has 1 unspecified atom stereocenters. The first-order chi connectivity index (χ1) is 12.1. The maximum atomic E-state index is 13.1. The van der Waals surface area contributed by atoms with E-state index in [1.807, 2.05) is 4.90 Å². The van der Waals surface area contributed by atoms with Crippen molar-refractivity contribution >= 4 is 36.8 Å². The standard InChI is InChI=1S/C18H30N4O3.2ClH/c1-20-13-18(25-17(20)24)6-11-21(12-7-18)16(23)15-3-2-10-22(15)14-4-8-19-9-5-14;;/h14-15,19H,2-13H2,1H3;2*1H. The fourth-order valence-corrected chi connectivity index (χ4v) is 5.03. The number of hydrogen-bond acceptors (Lipinski definition) is 5. The van der Waals surface area contributed by atoms with Crippen LogP contribution in [0.2, 0.25) is 0 Å². The molecular weight excluding hydrogens is 391 g/mol. The summed E-state index contributed by atoms with van der Waals surface area (Å²) in [6.45, 7) is 5.24. The van der Waals surface area contributed by atoms with E-state index in [0.717, 1.165) is 58.2 Å². The van der Waals surface area contributed by atoms with Gasteiger partial charge in [0.1, 0.15) is 5.60 Å². The highest BCUT2D eigenvalue weighted by Crippen LogP contribution is 2.34. The summed E-state index contributed by atoms with van der Waals surface area (Å²) in [5.74, 6) is 0.295. The Kier molecular flexibility index (Phi) is 7.64. The zero-order valence-corrected chi connectivity index (χ0v) is 17.7. The number of hydrogen-bond donors (Lipinski definition) is 1. The van der Waals surface area contributed by atoms with Gasteiger partial charge in [0.15, 0.2) is 0 Å². The summed E-state index contributed by atoms with van der Waals surface area (Å²) < 4.78 is 5.60. The van der Waals surface area contributed by atoms with Crippen molar-refractivity contribution in [3.63, 3.8) is 0 Å². The van der Waals surface area contributed by atoms with Gasteiger partial charge in [-0.25, -0.2) is 4.79 Å². The van der Waals surface area contributed by atoms with Gasteiger partial charge in [-0.05, 0) is 45.3 Å². The molecule has 4 aliphatic heterocycles. The molecule has 4 saturated heterocycles. The number of carbonyl (C=O) groups excluding carboxylic acids is 2. The summed E-state index contributed by atoms with van der Waals surface area (Å²) >= 11 is 0. The van der Waals surface area contributed by atoms with Gasteiger partial charge in [0.05, 0.1) is 12.6 Å². The second-order valence-electron chi connectivity index (χ2n) is 8.11. The number of carbonyl (C=O) groups is 2. The molecule has 0 bridgehead atoms. The lowest BCUT2D eigenvalue weighted by Gasteiger charge is -2.41. The largest absolute Gasteiger partial charge is 0.441 e. The lowest BCUT2D eigenvalue weighted by atomic mass is 9.91. The maximum Gasteiger partial charge on any atom is 0.410 e. The van der Waals surface area contributed by atoms with Gasteiger partial charge in [0.25, 0.3) is 0 Å². The normalized spacial score (nSPS) is 28.6. The number of nitrogens with one attached hydrogen (secondary N) is 1. The molecule has 4 heterocycles. The Bertz CT molecular complexity index is 537. The van der Waals surface area contributed by atoms with Crippen molar-refractivity contribution in [3.05, 3.63) is 0 Å². The van der Waals surface area contributed by atoms with Crippen LogP contribution >= 0.6 is 24.8 Å². The van der Waals surface area contributed by atoms with Crippen LogP contribution in [0.4, 0.5) is 4.79 Å². The van der Waals surface area contributed by atoms with Crippen LogP contribution in [0, 0.1) is 0 Å². The van der Waals surface area contributed by atoms with Crippen LogP contribution in [0.15, 0.2) is 0 Å². The highest BCUT2D eigenvalue weighted by atomic mass is 35.5. The molecule has 0 aliphatic carbocycles. The molecule has 0 aromatic rings. The fourth-order valence-electron chi connectivity index (χ4n) is 5.03. The Morgan fingerprint density at radius 3 is 2.37 bits per heavy atom. The summed E-state index contributed by atoms with van der Waals surface area (Å²) in [5.41, 5.74) is -0.368. The highest BCUT2D eigenvalue weighted by Gasteiger charge is 2.47. The van der Waals surface area contributed by atoms with Crippen molar-refractivity contribution in [2.45, 2.75) is 56.2 Å². The second-order valence-corrected chi connectivity index (χ2v) is 8.11. The summed E-state index contributed by atoms with van der Waals surface area (Å²) in [5, 5.41) is 3.41. The molecule has 1 N–H and O–H groups in total. The van der Waals surface area contributed by atoms with E-state index in [9.17, 15) is 9.59 Å². The minimum absolute atomic E-state index is 0. The first-order valence-corrected chi connectivity index (χ1v) is 9.77. The average molecular weight is 423 g/mol. The Morgan fingerprint density at radius 2 is 1.78 bits per heavy atom. The molecule has 156 valence electrons. The van der Waals surface area contributed by atoms with Crippen molar-refractivity contribution in [1.29, 1.82) is 0 Å². The maximum absolute atomic E-state index is 13.1. The van der Waals surface area contributed by atoms with Gasteiger partial charge in [0, 0.05) is 39.0 Å². The van der Waals surface area contributed by atoms with Gasteiger partial charge in [-0.15, -0.1) is 24.8 Å². The van der Waals surface area contributed by atoms with Crippen LogP contribution < -0.4 is 5.32 Å². The van der Waals surface area contributed by atoms with E-state index in [1.165, 1.54) is 0 Å². The number of piperidine rings is 2. The number of rotatable bonds is 2. The Balaban J connectivity index is 0.00000131. The van der Waals surface area contributed by atoms with E-state index in [4.69, 9.17) is 4.74 Å². The first-order valence-electron chi connectivity index (χ1n) is 9.77. The Morgan fingerprint density at radius 1 is 1.11 bits per heavy atom. The molecule has 2 amide bonds. The zero-order valence-electron chi connectivity index (χ0n) is 16.0. The van der Waals surface area contributed by atoms with E-state index in [0.29, 0.717) is 31.6 Å². The smallest absolute Gasteiger partial charge is 0.410 e. The lowest BCUT2D eigenvalue weighted by Crippen LogP contribution is -2.55. The van der Waals surface area contributed by atoms with E-state index in [1.54, 1.807) is 11.9 Å². The van der Waals surface area contributed by atoms with E-state index < -0.39 is 0 Å². The second kappa shape index (κ2) is 9.16. The summed E-state index contributed by atoms with van der Waals surface area (Å²) in [4.78, 5) is 31.0. The number of likely N-dealkylation sites (tertiary alicyclic amines) is 2. The fraction of sp³-hybridized carbons (Fsp3) is 0.889. The van der Waals surface area contributed by atoms with E-state index >= 15 is 0 Å². The SMILES string of the molecule is CN1CC2(CCN(C(=O)C3CCCN3C3CCNCC3)CC2)OC1=O.Cl.Cl. The predicted octanol–water partition coefficient (Wildman–Crippen LogP) is 1.49. The molecule has 27 heavy (non-hydrogen) atoms. The van der Waals surface area contributed by atoms with Gasteiger partial charge in [0.2, 0.25) is 5.91 Å². The van der Waals surface area contributed by atoms with Crippen molar-refractivity contribution in [2.24, 2.45) is 0 Å². The van der Waals surface area contributed by atoms with Crippen molar-refractivity contribution in [3.8, 4) is 0 Å². The number of likely N-dealkylation sites (N-methyl/N-ethyl adjacent to an activating group) is 1. The molecule has 0 aromatic heterocycles. The molecule has 0 saturated carbocycles. The number of ether oxygens (including phenoxy) is 1. The van der Waals surface area contributed by atoms with Gasteiger partial charge < -0.3 is 19.9 Å². The zero-order chi connectivity index (χ0) is 17.4. The third-order valence-electron chi connectivity index (χ3n) is 6.48. The van der Waals surface area contributed by atoms with Gasteiger partial charge in [-0.3, -0.25) is 9.69 Å². The van der Waals surface area contributed by atoms with E-state index in [-0.39, 0.29) is 42.6 Å². The number of halogens is 2. The average Bonchev–Trinajstić information content (AvgIpc) is 3.21. The molecule has 4 fully saturated rings. The summed E-state index contributed by atoms with van der Waals surface area (Å²) in [6.07, 6.45) is 5.70. The Labute approximate surface area is 173 Å². The molecule has 0 aromatic carbocycles. The topological polar surface area (TPSA) is 65.1 Å². The first kappa shape index (κ1) is 22.5. The quantitative estimate of drug-likeness (QED) is 0.729. The minimum atomic E-state index is -0.368. The molecule has 9 heteroatoms.